The monoisotopic (exact) mass is 308 g/mol. The summed E-state index contributed by atoms with van der Waals surface area (Å²) < 4.78 is 0. The van der Waals surface area contributed by atoms with E-state index in [4.69, 9.17) is 0 Å². The maximum atomic E-state index is 2.29. The summed E-state index contributed by atoms with van der Waals surface area (Å²) in [5, 5.41) is 0. The minimum absolute atomic E-state index is 0.540. The quantitative estimate of drug-likeness (QED) is 0.524. The van der Waals surface area contributed by atoms with Gasteiger partial charge in [0.15, 0.2) is 0 Å². The van der Waals surface area contributed by atoms with Gasteiger partial charge in [0.25, 0.3) is 0 Å². The van der Waals surface area contributed by atoms with Crippen LogP contribution in [0.5, 0.6) is 0 Å². The Morgan fingerprint density at radius 1 is 0.696 bits per heavy atom. The van der Waals surface area contributed by atoms with Crippen LogP contribution in [0.25, 0.3) is 12.2 Å². The standard InChI is InChI=1S/C21H26.C2H6/c1-14(2)21-18(6)16(4)15(3)17(5)20(21)13-12-19-10-8-7-9-11-19;1-2/h7-14H,1-6H3;1-2H3/b13-12+;. The Morgan fingerprint density at radius 3 is 1.74 bits per heavy atom. The largest absolute Gasteiger partial charge is 0.0683 e. The molecule has 0 aliphatic carbocycles. The summed E-state index contributed by atoms with van der Waals surface area (Å²) in [5.41, 5.74) is 9.85. The SMILES string of the molecule is CC.Cc1c(C)c(C)c(C(C)C)c(/C=C/c2ccccc2)c1C. The third-order valence-corrected chi connectivity index (χ3v) is 4.61. The van der Waals surface area contributed by atoms with Crippen molar-refractivity contribution in [1.29, 1.82) is 0 Å². The average molecular weight is 309 g/mol. The third kappa shape index (κ3) is 4.34. The van der Waals surface area contributed by atoms with Gasteiger partial charge in [-0.15, -0.1) is 0 Å². The molecule has 2 aromatic carbocycles. The van der Waals surface area contributed by atoms with Gasteiger partial charge in [-0.2, -0.15) is 0 Å². The molecule has 0 aliphatic rings. The van der Waals surface area contributed by atoms with Crippen LogP contribution in [0.3, 0.4) is 0 Å². The van der Waals surface area contributed by atoms with E-state index in [0.29, 0.717) is 5.92 Å². The molecule has 0 nitrogen and oxygen atoms in total. The van der Waals surface area contributed by atoms with Crippen LogP contribution in [0.1, 0.15) is 72.6 Å². The Hall–Kier alpha value is -1.82. The van der Waals surface area contributed by atoms with Gasteiger partial charge in [-0.3, -0.25) is 0 Å². The van der Waals surface area contributed by atoms with Crippen LogP contribution in [0, 0.1) is 27.7 Å². The molecule has 0 fully saturated rings. The normalized spacial score (nSPS) is 10.8. The van der Waals surface area contributed by atoms with Crippen molar-refractivity contribution in [3.8, 4) is 0 Å². The van der Waals surface area contributed by atoms with E-state index >= 15 is 0 Å². The second-order valence-electron chi connectivity index (χ2n) is 6.23. The van der Waals surface area contributed by atoms with Crippen LogP contribution < -0.4 is 0 Å². The van der Waals surface area contributed by atoms with Gasteiger partial charge in [-0.05, 0) is 72.6 Å². The maximum absolute atomic E-state index is 2.29. The molecule has 23 heavy (non-hydrogen) atoms. The van der Waals surface area contributed by atoms with E-state index in [9.17, 15) is 0 Å². The van der Waals surface area contributed by atoms with E-state index in [1.165, 1.54) is 38.9 Å². The molecular formula is C23H32. The molecule has 0 spiro atoms. The minimum atomic E-state index is 0.540. The van der Waals surface area contributed by atoms with Crippen molar-refractivity contribution in [1.82, 2.24) is 0 Å². The van der Waals surface area contributed by atoms with Gasteiger partial charge in [0.05, 0.1) is 0 Å². The maximum Gasteiger partial charge on any atom is -0.0187 e. The number of hydrogen-bond acceptors (Lipinski definition) is 0. The fourth-order valence-electron chi connectivity index (χ4n) is 3.07. The van der Waals surface area contributed by atoms with E-state index < -0.39 is 0 Å². The van der Waals surface area contributed by atoms with Crippen LogP contribution >= 0.6 is 0 Å². The van der Waals surface area contributed by atoms with Crippen LogP contribution in [-0.4, -0.2) is 0 Å². The highest BCUT2D eigenvalue weighted by atomic mass is 14.2. The van der Waals surface area contributed by atoms with Gasteiger partial charge in [-0.25, -0.2) is 0 Å². The molecule has 0 unspecified atom stereocenters. The zero-order valence-electron chi connectivity index (χ0n) is 16.1. The van der Waals surface area contributed by atoms with Crippen LogP contribution in [-0.2, 0) is 0 Å². The Kier molecular flexibility index (Phi) is 7.29. The first-order valence-corrected chi connectivity index (χ1v) is 8.76. The molecule has 0 atom stereocenters. The number of benzene rings is 2. The van der Waals surface area contributed by atoms with Crippen LogP contribution in [0.4, 0.5) is 0 Å². The summed E-state index contributed by atoms with van der Waals surface area (Å²) >= 11 is 0. The van der Waals surface area contributed by atoms with Crippen LogP contribution in [0.2, 0.25) is 0 Å². The van der Waals surface area contributed by atoms with E-state index in [-0.39, 0.29) is 0 Å². The van der Waals surface area contributed by atoms with Crippen LogP contribution in [0.15, 0.2) is 30.3 Å². The molecule has 0 amide bonds. The Morgan fingerprint density at radius 2 is 1.22 bits per heavy atom. The fraction of sp³-hybridized carbons (Fsp3) is 0.391. The van der Waals surface area contributed by atoms with Crippen molar-refractivity contribution >= 4 is 12.2 Å². The first-order valence-electron chi connectivity index (χ1n) is 8.76. The van der Waals surface area contributed by atoms with Gasteiger partial charge in [0.2, 0.25) is 0 Å². The lowest BCUT2D eigenvalue weighted by Crippen LogP contribution is -2.04. The highest BCUT2D eigenvalue weighted by molar-refractivity contribution is 5.75. The van der Waals surface area contributed by atoms with E-state index in [1.807, 2.05) is 13.8 Å². The van der Waals surface area contributed by atoms with Crippen molar-refractivity contribution in [2.45, 2.75) is 61.3 Å². The van der Waals surface area contributed by atoms with Gasteiger partial charge in [0.1, 0.15) is 0 Å². The van der Waals surface area contributed by atoms with Crippen molar-refractivity contribution < 1.29 is 0 Å². The molecule has 0 N–H and O–H groups in total. The van der Waals surface area contributed by atoms with Crippen molar-refractivity contribution in [3.63, 3.8) is 0 Å². The zero-order chi connectivity index (χ0) is 17.6. The van der Waals surface area contributed by atoms with E-state index in [1.54, 1.807) is 0 Å². The van der Waals surface area contributed by atoms with Crippen molar-refractivity contribution in [3.05, 3.63) is 69.3 Å². The lowest BCUT2D eigenvalue weighted by molar-refractivity contribution is 0.846. The summed E-state index contributed by atoms with van der Waals surface area (Å²) in [7, 11) is 0. The summed E-state index contributed by atoms with van der Waals surface area (Å²) in [6.07, 6.45) is 4.52. The molecule has 0 aromatic heterocycles. The third-order valence-electron chi connectivity index (χ3n) is 4.61. The molecule has 124 valence electrons. The molecule has 0 saturated heterocycles. The predicted octanol–water partition coefficient (Wildman–Crippen LogP) is 7.24. The topological polar surface area (TPSA) is 0 Å². The molecule has 0 heteroatoms. The molecule has 2 aromatic rings. The highest BCUT2D eigenvalue weighted by Gasteiger charge is 2.15. The van der Waals surface area contributed by atoms with Crippen molar-refractivity contribution in [2.75, 3.05) is 0 Å². The minimum Gasteiger partial charge on any atom is -0.0683 e. The van der Waals surface area contributed by atoms with E-state index in [2.05, 4.69) is 84.0 Å². The Labute approximate surface area is 143 Å². The number of hydrogen-bond donors (Lipinski definition) is 0. The lowest BCUT2D eigenvalue weighted by Gasteiger charge is -2.21. The Balaban J connectivity index is 0.00000127. The number of rotatable bonds is 3. The summed E-state index contributed by atoms with van der Waals surface area (Å²) in [4.78, 5) is 0. The van der Waals surface area contributed by atoms with Crippen molar-refractivity contribution in [2.24, 2.45) is 0 Å². The predicted molar refractivity (Wildman–Crippen MR) is 106 cm³/mol. The van der Waals surface area contributed by atoms with Gasteiger partial charge in [-0.1, -0.05) is 70.2 Å². The van der Waals surface area contributed by atoms with Gasteiger partial charge < -0.3 is 0 Å². The Bertz CT molecular complexity index is 658. The molecule has 0 aliphatic heterocycles. The smallest absolute Gasteiger partial charge is 0.0187 e. The molecule has 2 rings (SSSR count). The molecule has 0 heterocycles. The highest BCUT2D eigenvalue weighted by Crippen LogP contribution is 2.33. The summed E-state index contributed by atoms with van der Waals surface area (Å²) in [6.45, 7) is 17.6. The molecule has 0 saturated carbocycles. The van der Waals surface area contributed by atoms with E-state index in [0.717, 1.165) is 0 Å². The zero-order valence-corrected chi connectivity index (χ0v) is 16.1. The van der Waals surface area contributed by atoms with Gasteiger partial charge >= 0.3 is 0 Å². The summed E-state index contributed by atoms with van der Waals surface area (Å²) in [5.74, 6) is 0.540. The second kappa shape index (κ2) is 8.72. The summed E-state index contributed by atoms with van der Waals surface area (Å²) in [6, 6.07) is 10.5. The fourth-order valence-corrected chi connectivity index (χ4v) is 3.07. The average Bonchev–Trinajstić information content (AvgIpc) is 2.57. The first kappa shape index (κ1) is 19.2. The second-order valence-corrected chi connectivity index (χ2v) is 6.23. The molecule has 0 bridgehead atoms. The first-order chi connectivity index (χ1) is 10.9. The van der Waals surface area contributed by atoms with Gasteiger partial charge in [0, 0.05) is 0 Å². The lowest BCUT2D eigenvalue weighted by atomic mass is 9.84. The molecule has 0 radical (unpaired) electrons. The molecular weight excluding hydrogens is 276 g/mol.